The number of ketones is 1. The van der Waals surface area contributed by atoms with E-state index in [1.807, 2.05) is 47.4 Å². The van der Waals surface area contributed by atoms with Gasteiger partial charge in [-0.25, -0.2) is 5.48 Å². The van der Waals surface area contributed by atoms with Gasteiger partial charge in [-0.1, -0.05) is 42.5 Å². The summed E-state index contributed by atoms with van der Waals surface area (Å²) in [7, 11) is 0. The summed E-state index contributed by atoms with van der Waals surface area (Å²) in [5.41, 5.74) is 4.82. The first-order chi connectivity index (χ1) is 15.4. The highest BCUT2D eigenvalue weighted by molar-refractivity contribution is 6.06. The molecule has 1 aliphatic rings. The number of piperazine rings is 1. The number of allylic oxidation sites excluding steroid dienone is 1. The Kier molecular flexibility index (Phi) is 8.08. The van der Waals surface area contributed by atoms with E-state index in [-0.39, 0.29) is 11.7 Å². The lowest BCUT2D eigenvalue weighted by molar-refractivity contribution is -0.130. The van der Waals surface area contributed by atoms with Crippen LogP contribution in [0.25, 0.3) is 12.2 Å². The molecule has 0 bridgehead atoms. The van der Waals surface area contributed by atoms with Gasteiger partial charge in [0.05, 0.1) is 0 Å². The predicted molar refractivity (Wildman–Crippen MR) is 123 cm³/mol. The molecule has 1 heterocycles. The molecule has 2 aromatic carbocycles. The smallest absolute Gasteiger partial charge is 0.267 e. The van der Waals surface area contributed by atoms with E-state index in [1.165, 1.54) is 12.2 Å². The summed E-state index contributed by atoms with van der Waals surface area (Å²) in [6.45, 7) is 5.45. The predicted octanol–water partition coefficient (Wildman–Crippen LogP) is 2.77. The Balaban J connectivity index is 1.61. The van der Waals surface area contributed by atoms with Crippen LogP contribution in [-0.4, -0.2) is 58.8 Å². The molecule has 2 amide bonds. The zero-order chi connectivity index (χ0) is 22.9. The first-order valence-corrected chi connectivity index (χ1v) is 10.5. The standard InChI is InChI=1S/C25H27N3O4/c1-19(29)28-14-12-27(13-15-28)18-22-6-3-7-23(17-22)24(30)10-8-20-4-2-5-21(16-20)9-11-25(31)26-32/h2-11,16-17,32H,12-15,18H2,1H3,(H,26,31). The second-order valence-electron chi connectivity index (χ2n) is 7.66. The maximum Gasteiger partial charge on any atom is 0.267 e. The molecule has 0 unspecified atom stereocenters. The van der Waals surface area contributed by atoms with E-state index in [4.69, 9.17) is 5.21 Å². The molecule has 1 aliphatic heterocycles. The number of amides is 2. The Labute approximate surface area is 187 Å². The molecule has 0 spiro atoms. The Bertz CT molecular complexity index is 1040. The summed E-state index contributed by atoms with van der Waals surface area (Å²) in [5.74, 6) is -0.586. The van der Waals surface area contributed by atoms with Crippen LogP contribution in [-0.2, 0) is 16.1 Å². The number of hydroxylamine groups is 1. The van der Waals surface area contributed by atoms with Gasteiger partial charge >= 0.3 is 0 Å². The summed E-state index contributed by atoms with van der Waals surface area (Å²) in [4.78, 5) is 39.4. The number of carbonyl (C=O) groups excluding carboxylic acids is 3. The largest absolute Gasteiger partial charge is 0.340 e. The Morgan fingerprint density at radius 2 is 1.59 bits per heavy atom. The zero-order valence-electron chi connectivity index (χ0n) is 18.0. The van der Waals surface area contributed by atoms with Gasteiger partial charge in [0.25, 0.3) is 5.91 Å². The molecule has 0 atom stereocenters. The fraction of sp³-hybridized carbons (Fsp3) is 0.240. The van der Waals surface area contributed by atoms with Crippen molar-refractivity contribution in [1.82, 2.24) is 15.3 Å². The minimum Gasteiger partial charge on any atom is -0.340 e. The third-order valence-corrected chi connectivity index (χ3v) is 5.31. The van der Waals surface area contributed by atoms with Crippen molar-refractivity contribution in [3.05, 3.63) is 82.9 Å². The Morgan fingerprint density at radius 3 is 2.25 bits per heavy atom. The third-order valence-electron chi connectivity index (χ3n) is 5.31. The molecule has 2 aromatic rings. The highest BCUT2D eigenvalue weighted by Gasteiger charge is 2.18. The van der Waals surface area contributed by atoms with Crippen molar-refractivity contribution < 1.29 is 19.6 Å². The first kappa shape index (κ1) is 23.1. The topological polar surface area (TPSA) is 90.0 Å². The number of nitrogens with one attached hydrogen (secondary N) is 1. The van der Waals surface area contributed by atoms with Gasteiger partial charge in [0.2, 0.25) is 5.91 Å². The van der Waals surface area contributed by atoms with Crippen molar-refractivity contribution in [2.75, 3.05) is 26.2 Å². The number of rotatable bonds is 7. The van der Waals surface area contributed by atoms with Gasteiger partial charge in [0, 0.05) is 51.3 Å². The van der Waals surface area contributed by atoms with E-state index in [9.17, 15) is 14.4 Å². The molecule has 0 aromatic heterocycles. The van der Waals surface area contributed by atoms with Crippen molar-refractivity contribution in [3.63, 3.8) is 0 Å². The molecule has 2 N–H and O–H groups in total. The Hall–Kier alpha value is -3.55. The first-order valence-electron chi connectivity index (χ1n) is 10.5. The zero-order valence-corrected chi connectivity index (χ0v) is 18.0. The third kappa shape index (κ3) is 6.73. The number of nitrogens with zero attached hydrogens (tertiary/aromatic N) is 2. The molecule has 7 nitrogen and oxygen atoms in total. The maximum absolute atomic E-state index is 12.7. The lowest BCUT2D eigenvalue weighted by Gasteiger charge is -2.34. The van der Waals surface area contributed by atoms with Crippen molar-refractivity contribution in [3.8, 4) is 0 Å². The average Bonchev–Trinajstić information content (AvgIpc) is 2.81. The van der Waals surface area contributed by atoms with Crippen molar-refractivity contribution in [2.45, 2.75) is 13.5 Å². The van der Waals surface area contributed by atoms with Crippen LogP contribution in [0.1, 0.15) is 34.0 Å². The van der Waals surface area contributed by atoms with E-state index in [2.05, 4.69) is 4.90 Å². The number of hydrogen-bond donors (Lipinski definition) is 2. The molecule has 0 radical (unpaired) electrons. The van der Waals surface area contributed by atoms with Crippen LogP contribution in [0.4, 0.5) is 0 Å². The van der Waals surface area contributed by atoms with Gasteiger partial charge in [-0.05, 0) is 41.0 Å². The van der Waals surface area contributed by atoms with Crippen LogP contribution in [0.5, 0.6) is 0 Å². The van der Waals surface area contributed by atoms with Crippen molar-refractivity contribution >= 4 is 29.7 Å². The Morgan fingerprint density at radius 1 is 0.938 bits per heavy atom. The summed E-state index contributed by atoms with van der Waals surface area (Å²) >= 11 is 0. The van der Waals surface area contributed by atoms with Crippen LogP contribution in [0.2, 0.25) is 0 Å². The minimum atomic E-state index is -0.610. The fourth-order valence-electron chi connectivity index (χ4n) is 3.55. The second-order valence-corrected chi connectivity index (χ2v) is 7.66. The van der Waals surface area contributed by atoms with Crippen molar-refractivity contribution in [2.24, 2.45) is 0 Å². The van der Waals surface area contributed by atoms with Gasteiger partial charge in [0.1, 0.15) is 0 Å². The summed E-state index contributed by atoms with van der Waals surface area (Å²) in [6, 6.07) is 15.0. The number of hydrogen-bond acceptors (Lipinski definition) is 5. The molecular weight excluding hydrogens is 406 g/mol. The maximum atomic E-state index is 12.7. The molecule has 32 heavy (non-hydrogen) atoms. The number of benzene rings is 2. The van der Waals surface area contributed by atoms with E-state index < -0.39 is 5.91 Å². The van der Waals surface area contributed by atoms with Gasteiger partial charge in [0.15, 0.2) is 5.78 Å². The molecule has 7 heteroatoms. The molecule has 1 saturated heterocycles. The van der Waals surface area contributed by atoms with Gasteiger partial charge in [-0.15, -0.1) is 0 Å². The van der Waals surface area contributed by atoms with Gasteiger partial charge in [-0.3, -0.25) is 24.5 Å². The molecule has 1 fully saturated rings. The lowest BCUT2D eigenvalue weighted by Crippen LogP contribution is -2.47. The second kappa shape index (κ2) is 11.2. The van der Waals surface area contributed by atoms with Crippen LogP contribution >= 0.6 is 0 Å². The summed E-state index contributed by atoms with van der Waals surface area (Å²) in [6.07, 6.45) is 6.07. The highest BCUT2D eigenvalue weighted by atomic mass is 16.5. The molecule has 0 saturated carbocycles. The summed E-state index contributed by atoms with van der Waals surface area (Å²) in [5, 5.41) is 8.55. The highest BCUT2D eigenvalue weighted by Crippen LogP contribution is 2.14. The SMILES string of the molecule is CC(=O)N1CCN(Cc2cccc(C(=O)C=Cc3cccc(C=CC(=O)NO)c3)c2)CC1. The van der Waals surface area contributed by atoms with E-state index in [0.717, 1.165) is 49.4 Å². The van der Waals surface area contributed by atoms with Crippen LogP contribution in [0, 0.1) is 0 Å². The minimum absolute atomic E-state index is 0.0890. The molecule has 166 valence electrons. The van der Waals surface area contributed by atoms with E-state index in [1.54, 1.807) is 30.6 Å². The molecule has 0 aliphatic carbocycles. The van der Waals surface area contributed by atoms with Crippen LogP contribution in [0.15, 0.2) is 60.7 Å². The number of carbonyl (C=O) groups is 3. The van der Waals surface area contributed by atoms with Crippen LogP contribution in [0.3, 0.4) is 0 Å². The fourth-order valence-corrected chi connectivity index (χ4v) is 3.55. The van der Waals surface area contributed by atoms with Crippen molar-refractivity contribution in [1.29, 1.82) is 0 Å². The summed E-state index contributed by atoms with van der Waals surface area (Å²) < 4.78 is 0. The van der Waals surface area contributed by atoms with Gasteiger partial charge in [-0.2, -0.15) is 0 Å². The van der Waals surface area contributed by atoms with Crippen LogP contribution < -0.4 is 5.48 Å². The van der Waals surface area contributed by atoms with Gasteiger partial charge < -0.3 is 4.90 Å². The molecular formula is C25H27N3O4. The monoisotopic (exact) mass is 433 g/mol. The van der Waals surface area contributed by atoms with E-state index in [0.29, 0.717) is 5.56 Å². The lowest BCUT2D eigenvalue weighted by atomic mass is 10.0. The normalized spacial score (nSPS) is 14.8. The molecule has 3 rings (SSSR count). The average molecular weight is 434 g/mol. The van der Waals surface area contributed by atoms with E-state index >= 15 is 0 Å². The quantitative estimate of drug-likeness (QED) is 0.303.